The molecule has 0 amide bonds. The van der Waals surface area contributed by atoms with Gasteiger partial charge in [0.05, 0.1) is 16.4 Å². The van der Waals surface area contributed by atoms with E-state index in [1.54, 1.807) is 31.2 Å². The molecule has 138 valence electrons. The Balaban J connectivity index is 2.01. The number of sulfonamides is 1. The zero-order valence-electron chi connectivity index (χ0n) is 15.3. The molecule has 0 aromatic heterocycles. The fourth-order valence-corrected chi connectivity index (χ4v) is 4.46. The Hall–Kier alpha value is -2.18. The highest BCUT2D eigenvalue weighted by molar-refractivity contribution is 7.90. The summed E-state index contributed by atoms with van der Waals surface area (Å²) >= 11 is 0. The number of nitrogens with zero attached hydrogens (tertiary/aromatic N) is 2. The van der Waals surface area contributed by atoms with Crippen LogP contribution in [-0.2, 0) is 15.6 Å². The van der Waals surface area contributed by atoms with Gasteiger partial charge in [0.25, 0.3) is 10.0 Å². The quantitative estimate of drug-likeness (QED) is 0.896. The molecular weight excluding hydrogens is 348 g/mol. The van der Waals surface area contributed by atoms with Crippen LogP contribution < -0.4 is 0 Å². The van der Waals surface area contributed by atoms with Crippen molar-refractivity contribution in [3.63, 3.8) is 0 Å². The third-order valence-electron chi connectivity index (χ3n) is 5.03. The van der Waals surface area contributed by atoms with Crippen LogP contribution >= 0.6 is 0 Å². The van der Waals surface area contributed by atoms with Crippen LogP contribution in [0.2, 0.25) is 0 Å². The second-order valence-corrected chi connectivity index (χ2v) is 8.62. The first-order chi connectivity index (χ1) is 12.2. The van der Waals surface area contributed by atoms with Crippen LogP contribution in [0.15, 0.2) is 63.9 Å². The van der Waals surface area contributed by atoms with Gasteiger partial charge in [-0.2, -0.15) is 8.42 Å². The van der Waals surface area contributed by atoms with Gasteiger partial charge in [-0.25, -0.2) is 0 Å². The lowest BCUT2D eigenvalue weighted by Crippen LogP contribution is -2.38. The SMILES string of the molecule is Cc1ccc(S(=O)(=O)/N=C2/[C@@H]([C@@](C)(O)c3ccccc3)CCN2C)cc1. The maximum Gasteiger partial charge on any atom is 0.283 e. The molecule has 3 rings (SSSR count). The average molecular weight is 372 g/mol. The highest BCUT2D eigenvalue weighted by Crippen LogP contribution is 2.37. The highest BCUT2D eigenvalue weighted by atomic mass is 32.2. The summed E-state index contributed by atoms with van der Waals surface area (Å²) in [7, 11) is -2.02. The minimum absolute atomic E-state index is 0.161. The summed E-state index contributed by atoms with van der Waals surface area (Å²) in [5, 5.41) is 11.2. The molecule has 1 N–H and O–H groups in total. The molecule has 5 nitrogen and oxygen atoms in total. The molecule has 0 spiro atoms. The molecule has 0 unspecified atom stereocenters. The lowest BCUT2D eigenvalue weighted by atomic mass is 9.81. The van der Waals surface area contributed by atoms with E-state index in [0.29, 0.717) is 18.8 Å². The van der Waals surface area contributed by atoms with E-state index in [9.17, 15) is 13.5 Å². The van der Waals surface area contributed by atoms with Crippen molar-refractivity contribution in [3.8, 4) is 0 Å². The summed E-state index contributed by atoms with van der Waals surface area (Å²) in [5.41, 5.74) is 0.536. The van der Waals surface area contributed by atoms with E-state index in [2.05, 4.69) is 4.40 Å². The standard InChI is InChI=1S/C20H24N2O3S/c1-15-9-11-17(12-10-15)26(24,25)21-19-18(13-14-22(19)3)20(2,23)16-7-5-4-6-8-16/h4-12,18,23H,13-14H2,1-3H3/b21-19-/t18-,20-/m0/s1. The Morgan fingerprint density at radius 3 is 2.35 bits per heavy atom. The van der Waals surface area contributed by atoms with Crippen LogP contribution in [0.4, 0.5) is 0 Å². The van der Waals surface area contributed by atoms with Crippen LogP contribution in [0, 0.1) is 12.8 Å². The van der Waals surface area contributed by atoms with Gasteiger partial charge >= 0.3 is 0 Å². The molecule has 0 bridgehead atoms. The number of benzene rings is 2. The lowest BCUT2D eigenvalue weighted by molar-refractivity contribution is 0.0224. The van der Waals surface area contributed by atoms with Gasteiger partial charge in [0.15, 0.2) is 0 Å². The topological polar surface area (TPSA) is 70.0 Å². The fourth-order valence-electron chi connectivity index (χ4n) is 3.36. The van der Waals surface area contributed by atoms with Crippen LogP contribution in [0.5, 0.6) is 0 Å². The predicted octanol–water partition coefficient (Wildman–Crippen LogP) is 2.94. The zero-order chi connectivity index (χ0) is 18.9. The first-order valence-corrected chi connectivity index (χ1v) is 10.1. The van der Waals surface area contributed by atoms with Gasteiger partial charge in [-0.3, -0.25) is 0 Å². The lowest BCUT2D eigenvalue weighted by Gasteiger charge is -2.31. The number of likely N-dealkylation sites (tertiary alicyclic amines) is 1. The summed E-state index contributed by atoms with van der Waals surface area (Å²) in [6.45, 7) is 4.27. The molecular formula is C20H24N2O3S. The van der Waals surface area contributed by atoms with E-state index in [-0.39, 0.29) is 4.90 Å². The van der Waals surface area contributed by atoms with Crippen molar-refractivity contribution in [2.24, 2.45) is 10.3 Å². The van der Waals surface area contributed by atoms with Gasteiger partial charge in [-0.1, -0.05) is 48.0 Å². The largest absolute Gasteiger partial charge is 0.385 e. The summed E-state index contributed by atoms with van der Waals surface area (Å²) in [5.74, 6) is 0.00884. The number of hydrogen-bond donors (Lipinski definition) is 1. The fraction of sp³-hybridized carbons (Fsp3) is 0.350. The monoisotopic (exact) mass is 372 g/mol. The normalized spacial score (nSPS) is 21.8. The number of hydrogen-bond acceptors (Lipinski definition) is 3. The molecule has 1 saturated heterocycles. The number of aliphatic hydroxyl groups is 1. The minimum Gasteiger partial charge on any atom is -0.385 e. The summed E-state index contributed by atoms with van der Waals surface area (Å²) in [6, 6.07) is 15.9. The van der Waals surface area contributed by atoms with E-state index in [0.717, 1.165) is 11.1 Å². The third-order valence-corrected chi connectivity index (χ3v) is 6.32. The molecule has 0 aliphatic carbocycles. The van der Waals surface area contributed by atoms with Crippen molar-refractivity contribution in [1.29, 1.82) is 0 Å². The van der Waals surface area contributed by atoms with Crippen molar-refractivity contribution in [2.75, 3.05) is 13.6 Å². The van der Waals surface area contributed by atoms with E-state index in [4.69, 9.17) is 0 Å². The molecule has 1 heterocycles. The molecule has 2 aromatic rings. The van der Waals surface area contributed by atoms with Crippen molar-refractivity contribution >= 4 is 15.9 Å². The first-order valence-electron chi connectivity index (χ1n) is 8.62. The third kappa shape index (κ3) is 3.52. The smallest absolute Gasteiger partial charge is 0.283 e. The number of aryl methyl sites for hydroxylation is 1. The predicted molar refractivity (Wildman–Crippen MR) is 103 cm³/mol. The van der Waals surface area contributed by atoms with E-state index in [1.807, 2.05) is 49.2 Å². The Morgan fingerprint density at radius 2 is 1.73 bits per heavy atom. The van der Waals surface area contributed by atoms with Crippen molar-refractivity contribution in [1.82, 2.24) is 4.90 Å². The second-order valence-electron chi connectivity index (χ2n) is 7.01. The average Bonchev–Trinajstić information content (AvgIpc) is 2.97. The van der Waals surface area contributed by atoms with Gasteiger partial charge in [0, 0.05) is 13.6 Å². The maximum absolute atomic E-state index is 12.8. The Bertz CT molecular complexity index is 904. The Labute approximate surface area is 155 Å². The molecule has 6 heteroatoms. The minimum atomic E-state index is -3.83. The molecule has 26 heavy (non-hydrogen) atoms. The molecule has 1 fully saturated rings. The summed E-state index contributed by atoms with van der Waals surface area (Å²) in [4.78, 5) is 1.97. The Morgan fingerprint density at radius 1 is 1.12 bits per heavy atom. The van der Waals surface area contributed by atoms with Crippen LogP contribution in [0.1, 0.15) is 24.5 Å². The van der Waals surface area contributed by atoms with Crippen molar-refractivity contribution in [3.05, 3.63) is 65.7 Å². The molecule has 2 aromatic carbocycles. The van der Waals surface area contributed by atoms with Crippen molar-refractivity contribution in [2.45, 2.75) is 30.8 Å². The number of amidine groups is 1. The first kappa shape index (κ1) is 18.6. The summed E-state index contributed by atoms with van der Waals surface area (Å²) < 4.78 is 29.6. The molecule has 1 aliphatic heterocycles. The van der Waals surface area contributed by atoms with Crippen LogP contribution in [-0.4, -0.2) is 37.9 Å². The second kappa shape index (κ2) is 6.85. The van der Waals surface area contributed by atoms with E-state index < -0.39 is 21.5 Å². The van der Waals surface area contributed by atoms with Gasteiger partial charge in [-0.15, -0.1) is 4.40 Å². The van der Waals surface area contributed by atoms with E-state index >= 15 is 0 Å². The van der Waals surface area contributed by atoms with Crippen LogP contribution in [0.25, 0.3) is 0 Å². The van der Waals surface area contributed by atoms with Crippen LogP contribution in [0.3, 0.4) is 0 Å². The summed E-state index contributed by atoms with van der Waals surface area (Å²) in [6.07, 6.45) is 0.640. The highest BCUT2D eigenvalue weighted by Gasteiger charge is 2.43. The van der Waals surface area contributed by atoms with Crippen molar-refractivity contribution < 1.29 is 13.5 Å². The molecule has 1 aliphatic rings. The molecule has 2 atom stereocenters. The van der Waals surface area contributed by atoms with Gasteiger partial charge in [0.2, 0.25) is 0 Å². The van der Waals surface area contributed by atoms with Gasteiger partial charge < -0.3 is 10.0 Å². The maximum atomic E-state index is 12.8. The van der Waals surface area contributed by atoms with Gasteiger partial charge in [-0.05, 0) is 38.0 Å². The van der Waals surface area contributed by atoms with Gasteiger partial charge in [0.1, 0.15) is 5.84 Å². The van der Waals surface area contributed by atoms with E-state index in [1.165, 1.54) is 0 Å². The molecule has 0 saturated carbocycles. The molecule has 0 radical (unpaired) electrons. The Kier molecular flexibility index (Phi) is 4.90. The number of rotatable bonds is 4. The zero-order valence-corrected chi connectivity index (χ0v) is 16.1.